The number of aromatic nitrogens is 3. The van der Waals surface area contributed by atoms with Crippen LogP contribution in [0, 0.1) is 13.8 Å². The van der Waals surface area contributed by atoms with Crippen molar-refractivity contribution in [3.05, 3.63) is 41.2 Å². The molecular formula is C20H25N5O2. The molecule has 3 aromatic rings. The zero-order chi connectivity index (χ0) is 19.0. The Morgan fingerprint density at radius 1 is 1.15 bits per heavy atom. The monoisotopic (exact) mass is 367 g/mol. The molecule has 142 valence electrons. The number of benzene rings is 1. The molecule has 2 aromatic heterocycles. The van der Waals surface area contributed by atoms with Crippen molar-refractivity contribution in [3.8, 4) is 0 Å². The molecule has 1 fully saturated rings. The molecule has 0 aliphatic carbocycles. The van der Waals surface area contributed by atoms with Crippen molar-refractivity contribution in [2.45, 2.75) is 26.7 Å². The number of para-hydroxylation sites is 2. The first-order valence-corrected chi connectivity index (χ1v) is 9.40. The van der Waals surface area contributed by atoms with Crippen LogP contribution in [0.5, 0.6) is 0 Å². The van der Waals surface area contributed by atoms with Crippen molar-refractivity contribution in [3.63, 3.8) is 0 Å². The molecule has 4 rings (SSSR count). The van der Waals surface area contributed by atoms with Crippen molar-refractivity contribution in [2.75, 3.05) is 31.1 Å². The Kier molecular flexibility index (Phi) is 4.59. The smallest absolute Gasteiger partial charge is 0.298 e. The number of amides is 1. The van der Waals surface area contributed by atoms with Crippen LogP contribution in [0.15, 0.2) is 28.7 Å². The van der Waals surface area contributed by atoms with Crippen molar-refractivity contribution in [1.29, 1.82) is 0 Å². The van der Waals surface area contributed by atoms with Gasteiger partial charge in [0.15, 0.2) is 5.58 Å². The molecule has 1 aliphatic rings. The molecule has 0 N–H and O–H groups in total. The van der Waals surface area contributed by atoms with Gasteiger partial charge in [-0.05, 0) is 38.0 Å². The molecular weight excluding hydrogens is 342 g/mol. The topological polar surface area (TPSA) is 67.4 Å². The summed E-state index contributed by atoms with van der Waals surface area (Å²) in [5.74, 6) is 0.204. The minimum absolute atomic E-state index is 0.204. The number of fused-ring (bicyclic) bond motifs is 1. The normalized spacial score (nSPS) is 14.9. The maximum atomic E-state index is 12.6. The fourth-order valence-corrected chi connectivity index (χ4v) is 3.71. The highest BCUT2D eigenvalue weighted by Crippen LogP contribution is 2.23. The molecule has 0 saturated carbocycles. The van der Waals surface area contributed by atoms with E-state index >= 15 is 0 Å². The van der Waals surface area contributed by atoms with Crippen LogP contribution >= 0.6 is 0 Å². The van der Waals surface area contributed by atoms with Crippen LogP contribution in [0.25, 0.3) is 11.1 Å². The summed E-state index contributed by atoms with van der Waals surface area (Å²) in [6, 6.07) is 8.42. The summed E-state index contributed by atoms with van der Waals surface area (Å²) in [5.41, 5.74) is 5.02. The van der Waals surface area contributed by atoms with E-state index in [1.165, 1.54) is 5.56 Å². The number of nitrogens with zero attached hydrogens (tertiary/aromatic N) is 5. The Morgan fingerprint density at radius 3 is 2.56 bits per heavy atom. The van der Waals surface area contributed by atoms with Gasteiger partial charge in [0.05, 0.1) is 5.69 Å². The summed E-state index contributed by atoms with van der Waals surface area (Å²) in [5, 5.41) is 4.43. The molecule has 27 heavy (non-hydrogen) atoms. The largest absolute Gasteiger partial charge is 0.423 e. The van der Waals surface area contributed by atoms with Gasteiger partial charge in [-0.25, -0.2) is 0 Å². The lowest BCUT2D eigenvalue weighted by atomic mass is 10.1. The number of aryl methyl sites for hydroxylation is 2. The van der Waals surface area contributed by atoms with Crippen LogP contribution in [-0.2, 0) is 18.3 Å². The summed E-state index contributed by atoms with van der Waals surface area (Å²) in [6.07, 6.45) is 1.27. The predicted octanol–water partition coefficient (Wildman–Crippen LogP) is 2.46. The van der Waals surface area contributed by atoms with E-state index in [0.717, 1.165) is 42.0 Å². The third kappa shape index (κ3) is 3.41. The average molecular weight is 367 g/mol. The third-order valence-electron chi connectivity index (χ3n) is 5.43. The molecule has 0 radical (unpaired) electrons. The van der Waals surface area contributed by atoms with E-state index in [4.69, 9.17) is 4.42 Å². The first-order valence-electron chi connectivity index (χ1n) is 9.40. The number of carbonyl (C=O) groups is 1. The summed E-state index contributed by atoms with van der Waals surface area (Å²) >= 11 is 0. The summed E-state index contributed by atoms with van der Waals surface area (Å²) < 4.78 is 7.72. The van der Waals surface area contributed by atoms with E-state index in [-0.39, 0.29) is 5.91 Å². The molecule has 0 unspecified atom stereocenters. The minimum Gasteiger partial charge on any atom is -0.423 e. The Hall–Kier alpha value is -2.83. The third-order valence-corrected chi connectivity index (χ3v) is 5.43. The molecule has 0 atom stereocenters. The quantitative estimate of drug-likeness (QED) is 0.709. The highest BCUT2D eigenvalue weighted by atomic mass is 16.4. The van der Waals surface area contributed by atoms with Crippen molar-refractivity contribution < 1.29 is 9.21 Å². The van der Waals surface area contributed by atoms with Gasteiger partial charge in [-0.2, -0.15) is 10.1 Å². The lowest BCUT2D eigenvalue weighted by Gasteiger charge is -2.33. The van der Waals surface area contributed by atoms with Gasteiger partial charge in [-0.1, -0.05) is 12.1 Å². The van der Waals surface area contributed by atoms with Crippen molar-refractivity contribution >= 4 is 23.0 Å². The standard InChI is InChI=1S/C20H25N5O2/c1-14-16(15(2)23(3)22-14)8-9-19(26)24-10-12-25(13-11-24)20-21-17-6-4-5-7-18(17)27-20/h4-7H,8-13H2,1-3H3. The highest BCUT2D eigenvalue weighted by molar-refractivity contribution is 5.77. The first kappa shape index (κ1) is 17.6. The second-order valence-corrected chi connectivity index (χ2v) is 7.10. The lowest BCUT2D eigenvalue weighted by Crippen LogP contribution is -2.49. The van der Waals surface area contributed by atoms with Gasteiger partial charge in [0.1, 0.15) is 5.52 Å². The predicted molar refractivity (Wildman–Crippen MR) is 104 cm³/mol. The molecule has 7 heteroatoms. The molecule has 7 nitrogen and oxygen atoms in total. The van der Waals surface area contributed by atoms with Gasteiger partial charge in [0, 0.05) is 45.3 Å². The number of rotatable bonds is 4. The van der Waals surface area contributed by atoms with E-state index < -0.39 is 0 Å². The Labute approximate surface area is 158 Å². The summed E-state index contributed by atoms with van der Waals surface area (Å²) in [6.45, 7) is 6.93. The maximum absolute atomic E-state index is 12.6. The molecule has 3 heterocycles. The molecule has 1 amide bonds. The van der Waals surface area contributed by atoms with Crippen LogP contribution < -0.4 is 4.90 Å². The maximum Gasteiger partial charge on any atom is 0.298 e. The van der Waals surface area contributed by atoms with Gasteiger partial charge in [0.25, 0.3) is 6.01 Å². The average Bonchev–Trinajstić information content (AvgIpc) is 3.21. The number of anilines is 1. The number of piperazine rings is 1. The zero-order valence-corrected chi connectivity index (χ0v) is 16.1. The minimum atomic E-state index is 0.204. The van der Waals surface area contributed by atoms with Crippen LogP contribution in [0.2, 0.25) is 0 Å². The van der Waals surface area contributed by atoms with E-state index in [0.29, 0.717) is 25.5 Å². The fraction of sp³-hybridized carbons (Fsp3) is 0.450. The Bertz CT molecular complexity index is 933. The van der Waals surface area contributed by atoms with Crippen LogP contribution in [-0.4, -0.2) is 51.8 Å². The molecule has 0 bridgehead atoms. The fourth-order valence-electron chi connectivity index (χ4n) is 3.71. The molecule has 0 spiro atoms. The van der Waals surface area contributed by atoms with E-state index in [2.05, 4.69) is 21.9 Å². The number of hydrogen-bond acceptors (Lipinski definition) is 5. The van der Waals surface area contributed by atoms with E-state index in [9.17, 15) is 4.79 Å². The number of carbonyl (C=O) groups excluding carboxylic acids is 1. The summed E-state index contributed by atoms with van der Waals surface area (Å²) in [7, 11) is 1.94. The Balaban J connectivity index is 1.33. The van der Waals surface area contributed by atoms with Gasteiger partial charge in [-0.15, -0.1) is 0 Å². The van der Waals surface area contributed by atoms with Crippen LogP contribution in [0.1, 0.15) is 23.4 Å². The molecule has 1 saturated heterocycles. The lowest BCUT2D eigenvalue weighted by molar-refractivity contribution is -0.131. The number of hydrogen-bond donors (Lipinski definition) is 0. The second-order valence-electron chi connectivity index (χ2n) is 7.10. The second kappa shape index (κ2) is 7.06. The number of oxazole rings is 1. The molecule has 1 aliphatic heterocycles. The summed E-state index contributed by atoms with van der Waals surface area (Å²) in [4.78, 5) is 21.2. The Morgan fingerprint density at radius 2 is 1.89 bits per heavy atom. The van der Waals surface area contributed by atoms with Crippen LogP contribution in [0.3, 0.4) is 0 Å². The van der Waals surface area contributed by atoms with Gasteiger partial charge in [0.2, 0.25) is 5.91 Å². The van der Waals surface area contributed by atoms with E-state index in [1.807, 2.05) is 47.8 Å². The zero-order valence-electron chi connectivity index (χ0n) is 16.1. The first-order chi connectivity index (χ1) is 13.0. The highest BCUT2D eigenvalue weighted by Gasteiger charge is 2.24. The van der Waals surface area contributed by atoms with Crippen molar-refractivity contribution in [2.24, 2.45) is 7.05 Å². The SMILES string of the molecule is Cc1nn(C)c(C)c1CCC(=O)N1CCN(c2nc3ccccc3o2)CC1. The van der Waals surface area contributed by atoms with E-state index in [1.54, 1.807) is 0 Å². The van der Waals surface area contributed by atoms with Gasteiger partial charge in [-0.3, -0.25) is 9.48 Å². The van der Waals surface area contributed by atoms with Gasteiger partial charge < -0.3 is 14.2 Å². The van der Waals surface area contributed by atoms with Gasteiger partial charge >= 0.3 is 0 Å². The molecule has 1 aromatic carbocycles. The van der Waals surface area contributed by atoms with Crippen molar-refractivity contribution in [1.82, 2.24) is 19.7 Å². The van der Waals surface area contributed by atoms with Crippen LogP contribution in [0.4, 0.5) is 6.01 Å².